The molecule has 7 aromatic rings. The Labute approximate surface area is 210 Å². The molecule has 6 aromatic carbocycles. The van der Waals surface area contributed by atoms with E-state index in [2.05, 4.69) is 126 Å². The summed E-state index contributed by atoms with van der Waals surface area (Å²) in [6.07, 6.45) is 1.86. The highest BCUT2D eigenvalue weighted by atomic mass is 14.7. The Morgan fingerprint density at radius 1 is 0.333 bits per heavy atom. The van der Waals surface area contributed by atoms with Gasteiger partial charge in [-0.1, -0.05) is 121 Å². The summed E-state index contributed by atoms with van der Waals surface area (Å²) in [6, 6.07) is 47.7. The maximum Gasteiger partial charge on any atom is 0.0708 e. The van der Waals surface area contributed by atoms with E-state index in [1.54, 1.807) is 0 Å². The lowest BCUT2D eigenvalue weighted by atomic mass is 9.84. The Hall–Kier alpha value is -4.75. The van der Waals surface area contributed by atoms with Crippen molar-refractivity contribution < 1.29 is 0 Å². The summed E-state index contributed by atoms with van der Waals surface area (Å²) in [6.45, 7) is 0. The van der Waals surface area contributed by atoms with Gasteiger partial charge < -0.3 is 0 Å². The van der Waals surface area contributed by atoms with Crippen molar-refractivity contribution >= 4 is 32.3 Å². The summed E-state index contributed by atoms with van der Waals surface area (Å²) in [5, 5.41) is 7.54. The maximum absolute atomic E-state index is 4.65. The predicted molar refractivity (Wildman–Crippen MR) is 153 cm³/mol. The second-order valence-electron chi connectivity index (χ2n) is 9.13. The Kier molecular flexibility index (Phi) is 4.85. The fourth-order valence-electron chi connectivity index (χ4n) is 5.61. The van der Waals surface area contributed by atoms with E-state index >= 15 is 0 Å². The van der Waals surface area contributed by atoms with E-state index in [1.807, 2.05) is 18.3 Å². The van der Waals surface area contributed by atoms with Crippen LogP contribution in [0.4, 0.5) is 0 Å². The number of pyridine rings is 1. The normalized spacial score (nSPS) is 11.3. The van der Waals surface area contributed by atoms with Crippen LogP contribution >= 0.6 is 0 Å². The van der Waals surface area contributed by atoms with Gasteiger partial charge in [0.05, 0.1) is 5.69 Å². The van der Waals surface area contributed by atoms with E-state index in [1.165, 1.54) is 54.6 Å². The van der Waals surface area contributed by atoms with Gasteiger partial charge in [0.2, 0.25) is 0 Å². The summed E-state index contributed by atoms with van der Waals surface area (Å²) in [5.41, 5.74) is 7.22. The number of aromatic nitrogens is 1. The van der Waals surface area contributed by atoms with Crippen LogP contribution in [0.2, 0.25) is 0 Å². The molecular weight excluding hydrogens is 434 g/mol. The van der Waals surface area contributed by atoms with Crippen molar-refractivity contribution in [2.75, 3.05) is 0 Å². The van der Waals surface area contributed by atoms with Gasteiger partial charge in [-0.15, -0.1) is 0 Å². The Balaban J connectivity index is 1.62. The number of rotatable bonds is 3. The molecule has 0 fully saturated rings. The molecule has 1 nitrogen and oxygen atoms in total. The van der Waals surface area contributed by atoms with Gasteiger partial charge in [0, 0.05) is 11.8 Å². The maximum atomic E-state index is 4.65. The van der Waals surface area contributed by atoms with Crippen LogP contribution in [0.1, 0.15) is 0 Å². The van der Waals surface area contributed by atoms with Crippen molar-refractivity contribution in [3.63, 3.8) is 0 Å². The summed E-state index contributed by atoms with van der Waals surface area (Å²) in [4.78, 5) is 4.65. The van der Waals surface area contributed by atoms with Gasteiger partial charge in [-0.2, -0.15) is 0 Å². The zero-order chi connectivity index (χ0) is 23.9. The van der Waals surface area contributed by atoms with E-state index < -0.39 is 0 Å². The molecule has 0 atom stereocenters. The van der Waals surface area contributed by atoms with Crippen LogP contribution in [-0.2, 0) is 0 Å². The number of hydrogen-bond acceptors (Lipinski definition) is 1. The Morgan fingerprint density at radius 2 is 0.833 bits per heavy atom. The largest absolute Gasteiger partial charge is 0.256 e. The molecule has 36 heavy (non-hydrogen) atoms. The summed E-state index contributed by atoms with van der Waals surface area (Å²) < 4.78 is 0. The Morgan fingerprint density at radius 3 is 1.44 bits per heavy atom. The quantitative estimate of drug-likeness (QED) is 0.241. The van der Waals surface area contributed by atoms with Gasteiger partial charge >= 0.3 is 0 Å². The van der Waals surface area contributed by atoms with Gasteiger partial charge in [-0.25, -0.2) is 0 Å². The van der Waals surface area contributed by atoms with Crippen LogP contribution in [0.5, 0.6) is 0 Å². The molecule has 0 N–H and O–H groups in total. The minimum Gasteiger partial charge on any atom is -0.256 e. The first-order valence-corrected chi connectivity index (χ1v) is 12.3. The average Bonchev–Trinajstić information content (AvgIpc) is 2.96. The van der Waals surface area contributed by atoms with Crippen molar-refractivity contribution in [1.29, 1.82) is 0 Å². The minimum atomic E-state index is 0.995. The van der Waals surface area contributed by atoms with E-state index in [0.717, 1.165) is 11.3 Å². The Bertz CT molecular complexity index is 1810. The van der Waals surface area contributed by atoms with E-state index in [4.69, 9.17) is 0 Å². The van der Waals surface area contributed by atoms with Crippen LogP contribution in [0.15, 0.2) is 140 Å². The summed E-state index contributed by atoms with van der Waals surface area (Å²) in [5.74, 6) is 0. The van der Waals surface area contributed by atoms with Crippen molar-refractivity contribution in [3.8, 4) is 33.5 Å². The van der Waals surface area contributed by atoms with Gasteiger partial charge in [0.15, 0.2) is 0 Å². The van der Waals surface area contributed by atoms with Crippen LogP contribution in [0, 0.1) is 0 Å². The molecule has 0 spiro atoms. The van der Waals surface area contributed by atoms with Gasteiger partial charge in [-0.05, 0) is 66.7 Å². The highest BCUT2D eigenvalue weighted by Crippen LogP contribution is 2.45. The molecule has 0 saturated heterocycles. The molecule has 0 aliphatic heterocycles. The second kappa shape index (κ2) is 8.48. The predicted octanol–water partition coefficient (Wildman–Crippen LogP) is 9.54. The monoisotopic (exact) mass is 457 g/mol. The van der Waals surface area contributed by atoms with E-state index in [9.17, 15) is 0 Å². The van der Waals surface area contributed by atoms with Gasteiger partial charge in [0.25, 0.3) is 0 Å². The van der Waals surface area contributed by atoms with Crippen molar-refractivity contribution in [2.24, 2.45) is 0 Å². The fourth-order valence-corrected chi connectivity index (χ4v) is 5.61. The number of benzene rings is 6. The SMILES string of the molecule is c1ccc(-c2c3ccccc3c(-c3cccc4c(-c5ccccn5)cccc34)c3ccccc23)cc1. The highest BCUT2D eigenvalue weighted by molar-refractivity contribution is 6.23. The first-order chi connectivity index (χ1) is 17.9. The van der Waals surface area contributed by atoms with Crippen LogP contribution in [-0.4, -0.2) is 4.98 Å². The zero-order valence-corrected chi connectivity index (χ0v) is 19.7. The van der Waals surface area contributed by atoms with Crippen LogP contribution in [0.25, 0.3) is 65.8 Å². The third kappa shape index (κ3) is 3.21. The molecule has 0 radical (unpaired) electrons. The number of fused-ring (bicyclic) bond motifs is 3. The minimum absolute atomic E-state index is 0.995. The van der Waals surface area contributed by atoms with Crippen molar-refractivity contribution in [1.82, 2.24) is 4.98 Å². The van der Waals surface area contributed by atoms with E-state index in [-0.39, 0.29) is 0 Å². The molecule has 0 bridgehead atoms. The molecule has 7 rings (SSSR count). The third-order valence-corrected chi connectivity index (χ3v) is 7.13. The first-order valence-electron chi connectivity index (χ1n) is 12.3. The van der Waals surface area contributed by atoms with Gasteiger partial charge in [-0.3, -0.25) is 4.98 Å². The van der Waals surface area contributed by atoms with Crippen LogP contribution in [0.3, 0.4) is 0 Å². The molecule has 1 aromatic heterocycles. The lowest BCUT2D eigenvalue weighted by Crippen LogP contribution is -1.92. The first kappa shape index (κ1) is 20.6. The van der Waals surface area contributed by atoms with E-state index in [0.29, 0.717) is 0 Å². The molecule has 0 unspecified atom stereocenters. The third-order valence-electron chi connectivity index (χ3n) is 7.13. The summed E-state index contributed by atoms with van der Waals surface area (Å²) >= 11 is 0. The summed E-state index contributed by atoms with van der Waals surface area (Å²) in [7, 11) is 0. The van der Waals surface area contributed by atoms with Crippen LogP contribution < -0.4 is 0 Å². The molecule has 0 aliphatic rings. The number of hydrogen-bond donors (Lipinski definition) is 0. The molecular formula is C35H23N. The fraction of sp³-hybridized carbons (Fsp3) is 0. The lowest BCUT2D eigenvalue weighted by molar-refractivity contribution is 1.33. The van der Waals surface area contributed by atoms with Crippen molar-refractivity contribution in [3.05, 3.63) is 140 Å². The molecule has 0 aliphatic carbocycles. The smallest absolute Gasteiger partial charge is 0.0708 e. The number of nitrogens with zero attached hydrogens (tertiary/aromatic N) is 1. The average molecular weight is 458 g/mol. The highest BCUT2D eigenvalue weighted by Gasteiger charge is 2.18. The molecule has 0 saturated carbocycles. The van der Waals surface area contributed by atoms with Crippen molar-refractivity contribution in [2.45, 2.75) is 0 Å². The zero-order valence-electron chi connectivity index (χ0n) is 19.7. The molecule has 1 heterocycles. The standard InChI is InChI=1S/C35H23N/c1-2-12-24(13-3-1)34-29-14-4-6-16-31(29)35(32-17-7-5-15-30(32)34)28-21-11-18-25-26(28)19-10-20-27(25)33-22-8-9-23-36-33/h1-23H. The topological polar surface area (TPSA) is 12.9 Å². The second-order valence-corrected chi connectivity index (χ2v) is 9.13. The lowest BCUT2D eigenvalue weighted by Gasteiger charge is -2.19. The molecule has 1 heteroatoms. The molecule has 168 valence electrons. The molecule has 0 amide bonds. The van der Waals surface area contributed by atoms with Gasteiger partial charge in [0.1, 0.15) is 0 Å².